The SMILES string of the molecule is CCNc1cnc(C(=O)Nc2cc(Cl)cc(Cl)c2)cn1. The molecule has 1 amide bonds. The van der Waals surface area contributed by atoms with Gasteiger partial charge < -0.3 is 10.6 Å². The van der Waals surface area contributed by atoms with Gasteiger partial charge in [0.2, 0.25) is 0 Å². The van der Waals surface area contributed by atoms with Crippen molar-refractivity contribution in [2.24, 2.45) is 0 Å². The predicted octanol–water partition coefficient (Wildman–Crippen LogP) is 3.47. The lowest BCUT2D eigenvalue weighted by Crippen LogP contribution is -2.14. The van der Waals surface area contributed by atoms with E-state index in [1.165, 1.54) is 12.4 Å². The lowest BCUT2D eigenvalue weighted by molar-refractivity contribution is 0.102. The first-order valence-electron chi connectivity index (χ1n) is 5.92. The van der Waals surface area contributed by atoms with Crippen LogP contribution in [0.25, 0.3) is 0 Å². The molecule has 1 aromatic heterocycles. The minimum atomic E-state index is -0.376. The summed E-state index contributed by atoms with van der Waals surface area (Å²) in [6.45, 7) is 2.69. The van der Waals surface area contributed by atoms with Gasteiger partial charge in [0, 0.05) is 22.3 Å². The summed E-state index contributed by atoms with van der Waals surface area (Å²) in [7, 11) is 0. The number of anilines is 2. The number of nitrogens with one attached hydrogen (secondary N) is 2. The summed E-state index contributed by atoms with van der Waals surface area (Å²) in [5, 5.41) is 6.55. The number of nitrogens with zero attached hydrogens (tertiary/aromatic N) is 2. The maximum absolute atomic E-state index is 12.0. The Hall–Kier alpha value is -1.85. The standard InChI is InChI=1S/C13H12Cl2N4O/c1-2-16-12-7-17-11(6-18-12)13(20)19-10-4-8(14)3-9(15)5-10/h3-7H,2H2,1H3,(H,16,18)(H,19,20). The Morgan fingerprint density at radius 3 is 2.40 bits per heavy atom. The summed E-state index contributed by atoms with van der Waals surface area (Å²) in [5.41, 5.74) is 0.716. The van der Waals surface area contributed by atoms with Crippen molar-refractivity contribution in [2.75, 3.05) is 17.2 Å². The van der Waals surface area contributed by atoms with Crippen molar-refractivity contribution in [1.82, 2.24) is 9.97 Å². The maximum Gasteiger partial charge on any atom is 0.275 e. The van der Waals surface area contributed by atoms with Gasteiger partial charge in [-0.15, -0.1) is 0 Å². The third-order valence-electron chi connectivity index (χ3n) is 2.36. The Labute approximate surface area is 126 Å². The van der Waals surface area contributed by atoms with Crippen LogP contribution in [0, 0.1) is 0 Å². The zero-order valence-electron chi connectivity index (χ0n) is 10.7. The van der Waals surface area contributed by atoms with Crippen LogP contribution >= 0.6 is 23.2 Å². The molecule has 0 bridgehead atoms. The van der Waals surface area contributed by atoms with Gasteiger partial charge in [-0.3, -0.25) is 4.79 Å². The molecule has 2 rings (SSSR count). The van der Waals surface area contributed by atoms with Gasteiger partial charge in [0.25, 0.3) is 5.91 Å². The van der Waals surface area contributed by atoms with Gasteiger partial charge in [0.15, 0.2) is 0 Å². The molecule has 1 heterocycles. The number of amides is 1. The molecule has 5 nitrogen and oxygen atoms in total. The highest BCUT2D eigenvalue weighted by Gasteiger charge is 2.09. The molecule has 0 unspecified atom stereocenters. The molecule has 7 heteroatoms. The Morgan fingerprint density at radius 2 is 1.85 bits per heavy atom. The van der Waals surface area contributed by atoms with Crippen molar-refractivity contribution < 1.29 is 4.79 Å². The van der Waals surface area contributed by atoms with E-state index in [4.69, 9.17) is 23.2 Å². The lowest BCUT2D eigenvalue weighted by atomic mass is 10.3. The second-order valence-corrected chi connectivity index (χ2v) is 4.80. The van der Waals surface area contributed by atoms with Gasteiger partial charge in [-0.1, -0.05) is 23.2 Å². The largest absolute Gasteiger partial charge is 0.369 e. The van der Waals surface area contributed by atoms with E-state index in [0.29, 0.717) is 21.6 Å². The molecule has 1 aromatic carbocycles. The number of halogens is 2. The Kier molecular flexibility index (Phi) is 4.76. The molecular weight excluding hydrogens is 299 g/mol. The molecule has 0 spiro atoms. The molecule has 0 atom stereocenters. The van der Waals surface area contributed by atoms with E-state index in [9.17, 15) is 4.79 Å². The first kappa shape index (κ1) is 14.6. The average molecular weight is 311 g/mol. The van der Waals surface area contributed by atoms with Crippen molar-refractivity contribution in [3.8, 4) is 0 Å². The fraction of sp³-hybridized carbons (Fsp3) is 0.154. The minimum absolute atomic E-state index is 0.211. The van der Waals surface area contributed by atoms with Crippen LogP contribution < -0.4 is 10.6 Å². The first-order valence-corrected chi connectivity index (χ1v) is 6.67. The molecule has 2 aromatic rings. The predicted molar refractivity (Wildman–Crippen MR) is 80.6 cm³/mol. The molecule has 0 radical (unpaired) electrons. The number of hydrogen-bond donors (Lipinski definition) is 2. The highest BCUT2D eigenvalue weighted by molar-refractivity contribution is 6.35. The van der Waals surface area contributed by atoms with Gasteiger partial charge in [0.05, 0.1) is 12.4 Å². The summed E-state index contributed by atoms with van der Waals surface area (Å²) >= 11 is 11.7. The normalized spacial score (nSPS) is 10.2. The molecule has 0 saturated carbocycles. The van der Waals surface area contributed by atoms with Gasteiger partial charge in [-0.05, 0) is 25.1 Å². The second-order valence-electron chi connectivity index (χ2n) is 3.93. The van der Waals surface area contributed by atoms with Crippen molar-refractivity contribution in [3.63, 3.8) is 0 Å². The molecule has 20 heavy (non-hydrogen) atoms. The van der Waals surface area contributed by atoms with Crippen molar-refractivity contribution in [3.05, 3.63) is 46.3 Å². The van der Waals surface area contributed by atoms with Crippen molar-refractivity contribution in [1.29, 1.82) is 0 Å². The lowest BCUT2D eigenvalue weighted by Gasteiger charge is -2.06. The molecule has 0 aliphatic rings. The number of hydrogen-bond acceptors (Lipinski definition) is 4. The average Bonchev–Trinajstić information content (AvgIpc) is 2.38. The van der Waals surface area contributed by atoms with E-state index in [1.54, 1.807) is 18.2 Å². The van der Waals surface area contributed by atoms with Gasteiger partial charge in [-0.25, -0.2) is 9.97 Å². The van der Waals surface area contributed by atoms with Crippen LogP contribution in [0.3, 0.4) is 0 Å². The molecule has 2 N–H and O–H groups in total. The van der Waals surface area contributed by atoms with Gasteiger partial charge in [-0.2, -0.15) is 0 Å². The van der Waals surface area contributed by atoms with Crippen LogP contribution in [0.15, 0.2) is 30.6 Å². The molecule has 0 aliphatic carbocycles. The van der Waals surface area contributed by atoms with Crippen LogP contribution in [-0.4, -0.2) is 22.4 Å². The number of benzene rings is 1. The summed E-state index contributed by atoms with van der Waals surface area (Å²) in [5.74, 6) is 0.244. The Balaban J connectivity index is 2.11. The molecular formula is C13H12Cl2N4O. The van der Waals surface area contributed by atoms with E-state index in [1.807, 2.05) is 6.92 Å². The minimum Gasteiger partial charge on any atom is -0.369 e. The smallest absolute Gasteiger partial charge is 0.275 e. The highest BCUT2D eigenvalue weighted by atomic mass is 35.5. The van der Waals surface area contributed by atoms with E-state index >= 15 is 0 Å². The Bertz CT molecular complexity index is 596. The quantitative estimate of drug-likeness (QED) is 0.907. The van der Waals surface area contributed by atoms with Crippen molar-refractivity contribution >= 4 is 40.6 Å². The van der Waals surface area contributed by atoms with Gasteiger partial charge >= 0.3 is 0 Å². The molecule has 0 aliphatic heterocycles. The zero-order chi connectivity index (χ0) is 14.5. The number of rotatable bonds is 4. The first-order chi connectivity index (χ1) is 9.58. The van der Waals surface area contributed by atoms with Crippen LogP contribution in [-0.2, 0) is 0 Å². The summed E-state index contributed by atoms with van der Waals surface area (Å²) in [4.78, 5) is 20.1. The maximum atomic E-state index is 12.0. The number of carbonyl (C=O) groups is 1. The van der Waals surface area contributed by atoms with Crippen molar-refractivity contribution in [2.45, 2.75) is 6.92 Å². The fourth-order valence-corrected chi connectivity index (χ4v) is 2.06. The second kappa shape index (κ2) is 6.54. The number of carbonyl (C=O) groups excluding carboxylic acids is 1. The van der Waals surface area contributed by atoms with Crippen LogP contribution in [0.5, 0.6) is 0 Å². The zero-order valence-corrected chi connectivity index (χ0v) is 12.2. The van der Waals surface area contributed by atoms with Gasteiger partial charge in [0.1, 0.15) is 11.5 Å². The van der Waals surface area contributed by atoms with E-state index in [0.717, 1.165) is 6.54 Å². The topological polar surface area (TPSA) is 66.9 Å². The third kappa shape index (κ3) is 3.82. The van der Waals surface area contributed by atoms with E-state index in [-0.39, 0.29) is 11.6 Å². The monoisotopic (exact) mass is 310 g/mol. The fourth-order valence-electron chi connectivity index (χ4n) is 1.54. The van der Waals surface area contributed by atoms with Crippen LogP contribution in [0.1, 0.15) is 17.4 Å². The summed E-state index contributed by atoms with van der Waals surface area (Å²) in [6, 6.07) is 4.79. The Morgan fingerprint density at radius 1 is 1.15 bits per heavy atom. The molecule has 104 valence electrons. The van der Waals surface area contributed by atoms with Crippen LogP contribution in [0.2, 0.25) is 10.0 Å². The van der Waals surface area contributed by atoms with Crippen LogP contribution in [0.4, 0.5) is 11.5 Å². The highest BCUT2D eigenvalue weighted by Crippen LogP contribution is 2.22. The van der Waals surface area contributed by atoms with E-state index in [2.05, 4.69) is 20.6 Å². The van der Waals surface area contributed by atoms with E-state index < -0.39 is 0 Å². The summed E-state index contributed by atoms with van der Waals surface area (Å²) < 4.78 is 0. The summed E-state index contributed by atoms with van der Waals surface area (Å²) in [6.07, 6.45) is 2.91. The molecule has 0 saturated heterocycles. The third-order valence-corrected chi connectivity index (χ3v) is 2.80. The number of aromatic nitrogens is 2. The molecule has 0 fully saturated rings.